The highest BCUT2D eigenvalue weighted by Gasteiger charge is 2.41. The van der Waals surface area contributed by atoms with Crippen LogP contribution in [-0.4, -0.2) is 16.9 Å². The first-order chi connectivity index (χ1) is 5.10. The summed E-state index contributed by atoms with van der Waals surface area (Å²) in [5, 5.41) is 0.753. The van der Waals surface area contributed by atoms with Crippen LogP contribution in [0.2, 0.25) is 0 Å². The fourth-order valence-electron chi connectivity index (χ4n) is 1.30. The predicted molar refractivity (Wildman–Crippen MR) is 46.7 cm³/mol. The van der Waals surface area contributed by atoms with Crippen LogP contribution in [0.3, 0.4) is 0 Å². The van der Waals surface area contributed by atoms with Gasteiger partial charge in [0, 0.05) is 11.8 Å². The number of ether oxygens (including phenoxy) is 1. The lowest BCUT2D eigenvalue weighted by Gasteiger charge is -2.29. The summed E-state index contributed by atoms with van der Waals surface area (Å²) in [6.45, 7) is 4.17. The molecule has 64 valence electrons. The van der Waals surface area contributed by atoms with Gasteiger partial charge >= 0.3 is 5.97 Å². The molecule has 1 heterocycles. The maximum atomic E-state index is 10.9. The summed E-state index contributed by atoms with van der Waals surface area (Å²) in [6.07, 6.45) is 1.43. The molecule has 0 spiro atoms. The summed E-state index contributed by atoms with van der Waals surface area (Å²) in [6, 6.07) is 0. The second kappa shape index (κ2) is 3.13. The van der Waals surface area contributed by atoms with E-state index >= 15 is 0 Å². The first-order valence-electron chi connectivity index (χ1n) is 3.88. The second-order valence-corrected chi connectivity index (χ2v) is 3.89. The third kappa shape index (κ3) is 1.58. The van der Waals surface area contributed by atoms with Gasteiger partial charge in [0.15, 0.2) is 0 Å². The summed E-state index contributed by atoms with van der Waals surface area (Å²) in [7, 11) is 0. The van der Waals surface area contributed by atoms with E-state index in [1.54, 1.807) is 0 Å². The van der Waals surface area contributed by atoms with Crippen LogP contribution < -0.4 is 0 Å². The molecule has 1 fully saturated rings. The maximum Gasteiger partial charge on any atom is 0.306 e. The molecule has 0 N–H and O–H groups in total. The van der Waals surface area contributed by atoms with Crippen LogP contribution in [0.4, 0.5) is 0 Å². The van der Waals surface area contributed by atoms with Crippen LogP contribution in [0.15, 0.2) is 0 Å². The van der Waals surface area contributed by atoms with Crippen molar-refractivity contribution in [1.82, 2.24) is 0 Å². The Labute approximate surface area is 75.4 Å². The van der Waals surface area contributed by atoms with E-state index < -0.39 is 0 Å². The van der Waals surface area contributed by atoms with Crippen molar-refractivity contribution in [3.05, 3.63) is 0 Å². The molecule has 3 heteroatoms. The van der Waals surface area contributed by atoms with E-state index in [0.29, 0.717) is 12.3 Å². The molecular weight excluding hydrogens is 208 g/mol. The second-order valence-electron chi connectivity index (χ2n) is 3.33. The SMILES string of the molecule is CC(C)[C@@]1(CBr)CCC(=O)O1. The van der Waals surface area contributed by atoms with Gasteiger partial charge in [0.05, 0.1) is 0 Å². The van der Waals surface area contributed by atoms with Gasteiger partial charge in [-0.05, 0) is 12.3 Å². The maximum absolute atomic E-state index is 10.9. The molecule has 1 atom stereocenters. The molecule has 0 unspecified atom stereocenters. The Balaban J connectivity index is 2.70. The molecule has 0 aliphatic carbocycles. The van der Waals surface area contributed by atoms with E-state index in [-0.39, 0.29) is 11.6 Å². The standard InChI is InChI=1S/C8H13BrO2/c1-6(2)8(5-9)4-3-7(10)11-8/h6H,3-5H2,1-2H3/t8-/m0/s1. The highest BCUT2D eigenvalue weighted by Crippen LogP contribution is 2.35. The van der Waals surface area contributed by atoms with Crippen molar-refractivity contribution in [2.45, 2.75) is 32.3 Å². The Morgan fingerprint density at radius 3 is 2.55 bits per heavy atom. The Morgan fingerprint density at radius 1 is 1.73 bits per heavy atom. The molecule has 1 aliphatic heterocycles. The average Bonchev–Trinajstić information content (AvgIpc) is 2.33. The Kier molecular flexibility index (Phi) is 2.58. The van der Waals surface area contributed by atoms with Crippen LogP contribution in [0, 0.1) is 5.92 Å². The van der Waals surface area contributed by atoms with Gasteiger partial charge in [-0.15, -0.1) is 0 Å². The van der Waals surface area contributed by atoms with Crippen molar-refractivity contribution >= 4 is 21.9 Å². The molecule has 0 amide bonds. The molecule has 2 nitrogen and oxygen atoms in total. The van der Waals surface area contributed by atoms with Gasteiger partial charge < -0.3 is 4.74 Å². The van der Waals surface area contributed by atoms with Crippen LogP contribution in [0.5, 0.6) is 0 Å². The summed E-state index contributed by atoms with van der Waals surface area (Å²) >= 11 is 3.38. The highest BCUT2D eigenvalue weighted by atomic mass is 79.9. The van der Waals surface area contributed by atoms with E-state index in [0.717, 1.165) is 11.8 Å². The van der Waals surface area contributed by atoms with E-state index in [1.165, 1.54) is 0 Å². The van der Waals surface area contributed by atoms with Gasteiger partial charge in [-0.3, -0.25) is 4.79 Å². The Morgan fingerprint density at radius 2 is 2.36 bits per heavy atom. The summed E-state index contributed by atoms with van der Waals surface area (Å²) in [5.41, 5.74) is -0.225. The van der Waals surface area contributed by atoms with E-state index in [2.05, 4.69) is 29.8 Å². The van der Waals surface area contributed by atoms with E-state index in [4.69, 9.17) is 4.74 Å². The quantitative estimate of drug-likeness (QED) is 0.527. The Hall–Kier alpha value is -0.0500. The molecule has 0 aromatic rings. The number of carbonyl (C=O) groups is 1. The minimum Gasteiger partial charge on any atom is -0.458 e. The molecule has 0 saturated carbocycles. The Bertz CT molecular complexity index is 167. The topological polar surface area (TPSA) is 26.3 Å². The zero-order chi connectivity index (χ0) is 8.48. The molecule has 0 aromatic heterocycles. The average molecular weight is 221 g/mol. The predicted octanol–water partition coefficient (Wildman–Crippen LogP) is 2.11. The number of cyclic esters (lactones) is 1. The summed E-state index contributed by atoms with van der Waals surface area (Å²) in [4.78, 5) is 10.9. The van der Waals surface area contributed by atoms with Crippen molar-refractivity contribution in [3.8, 4) is 0 Å². The lowest BCUT2D eigenvalue weighted by molar-refractivity contribution is -0.149. The molecule has 0 radical (unpaired) electrons. The zero-order valence-electron chi connectivity index (χ0n) is 6.89. The third-order valence-corrected chi connectivity index (χ3v) is 3.30. The number of rotatable bonds is 2. The van der Waals surface area contributed by atoms with Crippen LogP contribution in [0.25, 0.3) is 0 Å². The minimum absolute atomic E-state index is 0.0573. The van der Waals surface area contributed by atoms with Crippen molar-refractivity contribution in [1.29, 1.82) is 0 Å². The lowest BCUT2D eigenvalue weighted by atomic mass is 9.90. The molecule has 1 aliphatic rings. The summed E-state index contributed by atoms with van der Waals surface area (Å²) < 4.78 is 5.27. The number of carbonyl (C=O) groups excluding carboxylic acids is 1. The van der Waals surface area contributed by atoms with Gasteiger partial charge in [0.25, 0.3) is 0 Å². The molecule has 0 bridgehead atoms. The van der Waals surface area contributed by atoms with Gasteiger partial charge in [0.1, 0.15) is 5.60 Å². The van der Waals surface area contributed by atoms with Crippen LogP contribution in [-0.2, 0) is 9.53 Å². The fraction of sp³-hybridized carbons (Fsp3) is 0.875. The van der Waals surface area contributed by atoms with Crippen molar-refractivity contribution in [2.75, 3.05) is 5.33 Å². The van der Waals surface area contributed by atoms with Crippen LogP contribution >= 0.6 is 15.9 Å². The largest absolute Gasteiger partial charge is 0.458 e. The highest BCUT2D eigenvalue weighted by molar-refractivity contribution is 9.09. The first kappa shape index (κ1) is 9.04. The smallest absolute Gasteiger partial charge is 0.306 e. The zero-order valence-corrected chi connectivity index (χ0v) is 8.48. The van der Waals surface area contributed by atoms with Gasteiger partial charge in [-0.1, -0.05) is 29.8 Å². The normalized spacial score (nSPS) is 31.1. The van der Waals surface area contributed by atoms with Gasteiger partial charge in [0.2, 0.25) is 0 Å². The number of hydrogen-bond acceptors (Lipinski definition) is 2. The minimum atomic E-state index is -0.225. The van der Waals surface area contributed by atoms with Crippen molar-refractivity contribution in [3.63, 3.8) is 0 Å². The van der Waals surface area contributed by atoms with E-state index in [1.807, 2.05) is 0 Å². The van der Waals surface area contributed by atoms with Crippen molar-refractivity contribution < 1.29 is 9.53 Å². The number of esters is 1. The molecule has 1 rings (SSSR count). The first-order valence-corrected chi connectivity index (χ1v) is 5.01. The number of hydrogen-bond donors (Lipinski definition) is 0. The molecule has 1 saturated heterocycles. The summed E-state index contributed by atoms with van der Waals surface area (Å²) in [5.74, 6) is 0.339. The number of halogens is 1. The third-order valence-electron chi connectivity index (χ3n) is 2.35. The molecule has 0 aromatic carbocycles. The number of alkyl halides is 1. The molecule has 11 heavy (non-hydrogen) atoms. The van der Waals surface area contributed by atoms with E-state index in [9.17, 15) is 4.79 Å². The van der Waals surface area contributed by atoms with Crippen LogP contribution in [0.1, 0.15) is 26.7 Å². The van der Waals surface area contributed by atoms with Crippen molar-refractivity contribution in [2.24, 2.45) is 5.92 Å². The molecular formula is C8H13BrO2. The van der Waals surface area contributed by atoms with Gasteiger partial charge in [-0.2, -0.15) is 0 Å². The fourth-order valence-corrected chi connectivity index (χ4v) is 2.34. The lowest BCUT2D eigenvalue weighted by Crippen LogP contribution is -2.36. The van der Waals surface area contributed by atoms with Gasteiger partial charge in [-0.25, -0.2) is 0 Å². The monoisotopic (exact) mass is 220 g/mol.